The van der Waals surface area contributed by atoms with Gasteiger partial charge >= 0.3 is 0 Å². The van der Waals surface area contributed by atoms with Crippen LogP contribution in [0, 0.1) is 5.92 Å². The van der Waals surface area contributed by atoms with Crippen LogP contribution in [0.4, 0.5) is 11.5 Å². The zero-order valence-electron chi connectivity index (χ0n) is 17.2. The number of carbonyl (C=O) groups excluding carboxylic acids is 2. The van der Waals surface area contributed by atoms with Gasteiger partial charge in [-0.15, -0.1) is 11.3 Å². The van der Waals surface area contributed by atoms with Crippen LogP contribution in [0.5, 0.6) is 0 Å². The molecular formula is C23H25N5O2S. The van der Waals surface area contributed by atoms with Crippen molar-refractivity contribution >= 4 is 34.7 Å². The molecule has 1 saturated heterocycles. The van der Waals surface area contributed by atoms with Gasteiger partial charge in [0.2, 0.25) is 11.8 Å². The molecule has 160 valence electrons. The fraction of sp³-hybridized carbons (Fsp3) is 0.304. The van der Waals surface area contributed by atoms with E-state index in [4.69, 9.17) is 5.73 Å². The molecule has 3 heterocycles. The maximum Gasteiger partial charge on any atom is 0.230 e. The monoisotopic (exact) mass is 435 g/mol. The third-order valence-electron chi connectivity index (χ3n) is 5.32. The van der Waals surface area contributed by atoms with Gasteiger partial charge in [-0.3, -0.25) is 9.59 Å². The molecule has 31 heavy (non-hydrogen) atoms. The molecule has 1 unspecified atom stereocenters. The van der Waals surface area contributed by atoms with Gasteiger partial charge in [-0.1, -0.05) is 30.3 Å². The number of hydrogen-bond donors (Lipinski definition) is 2. The summed E-state index contributed by atoms with van der Waals surface area (Å²) in [6.07, 6.45) is 4.37. The van der Waals surface area contributed by atoms with Crippen molar-refractivity contribution in [1.29, 1.82) is 0 Å². The summed E-state index contributed by atoms with van der Waals surface area (Å²) in [6, 6.07) is 13.9. The summed E-state index contributed by atoms with van der Waals surface area (Å²) in [4.78, 5) is 35.0. The number of anilines is 2. The maximum atomic E-state index is 12.4. The Balaban J connectivity index is 1.30. The van der Waals surface area contributed by atoms with Gasteiger partial charge in [0.25, 0.3) is 0 Å². The normalized spacial score (nSPS) is 16.1. The van der Waals surface area contributed by atoms with Crippen LogP contribution in [-0.4, -0.2) is 34.9 Å². The SMILES string of the molecule is NC(=O)C1CCCN(c2ccc(NC(=O)Cc3csc(Cc4ccccc4)n3)cn2)C1. The van der Waals surface area contributed by atoms with Gasteiger partial charge in [-0.2, -0.15) is 0 Å². The quantitative estimate of drug-likeness (QED) is 0.594. The largest absolute Gasteiger partial charge is 0.369 e. The average Bonchev–Trinajstić information content (AvgIpc) is 3.21. The van der Waals surface area contributed by atoms with Gasteiger partial charge in [-0.25, -0.2) is 9.97 Å². The highest BCUT2D eigenvalue weighted by Crippen LogP contribution is 2.22. The standard InChI is InChI=1S/C23H25N5O2S/c24-23(30)17-7-4-10-28(14-17)20-9-8-18(13-25-20)26-21(29)12-19-15-31-22(27-19)11-16-5-2-1-3-6-16/h1-3,5-6,8-9,13,15,17H,4,7,10-12,14H2,(H2,24,30)(H,26,29). The molecule has 1 atom stereocenters. The summed E-state index contributed by atoms with van der Waals surface area (Å²) >= 11 is 1.57. The number of nitrogens with one attached hydrogen (secondary N) is 1. The molecule has 3 N–H and O–H groups in total. The van der Waals surface area contributed by atoms with Crippen molar-refractivity contribution in [3.05, 3.63) is 70.3 Å². The first-order valence-corrected chi connectivity index (χ1v) is 11.2. The van der Waals surface area contributed by atoms with Gasteiger partial charge in [0.1, 0.15) is 5.82 Å². The molecule has 0 saturated carbocycles. The van der Waals surface area contributed by atoms with Crippen LogP contribution < -0.4 is 16.0 Å². The average molecular weight is 436 g/mol. The van der Waals surface area contributed by atoms with Crippen LogP contribution >= 0.6 is 11.3 Å². The number of nitrogens with two attached hydrogens (primary N) is 1. The first kappa shape index (κ1) is 21.0. The Labute approximate surface area is 185 Å². The van der Waals surface area contributed by atoms with E-state index >= 15 is 0 Å². The fourth-order valence-electron chi connectivity index (χ4n) is 3.72. The van der Waals surface area contributed by atoms with Crippen LogP contribution in [0.3, 0.4) is 0 Å². The van der Waals surface area contributed by atoms with Crippen LogP contribution in [-0.2, 0) is 22.4 Å². The number of benzene rings is 1. The number of pyridine rings is 1. The molecular weight excluding hydrogens is 410 g/mol. The number of carbonyl (C=O) groups is 2. The van der Waals surface area contributed by atoms with Crippen molar-refractivity contribution in [1.82, 2.24) is 9.97 Å². The van der Waals surface area contributed by atoms with Gasteiger partial charge in [0.05, 0.1) is 34.9 Å². The summed E-state index contributed by atoms with van der Waals surface area (Å²) in [5, 5.41) is 5.81. The Morgan fingerprint density at radius 1 is 1.19 bits per heavy atom. The molecule has 3 aromatic rings. The topological polar surface area (TPSA) is 101 Å². The predicted molar refractivity (Wildman–Crippen MR) is 122 cm³/mol. The second kappa shape index (κ2) is 9.70. The second-order valence-corrected chi connectivity index (χ2v) is 8.66. The van der Waals surface area contributed by atoms with Crippen molar-refractivity contribution in [2.24, 2.45) is 11.7 Å². The number of aromatic nitrogens is 2. The first-order chi connectivity index (χ1) is 15.1. The minimum absolute atomic E-state index is 0.127. The van der Waals surface area contributed by atoms with Crippen molar-refractivity contribution in [3.63, 3.8) is 0 Å². The molecule has 1 fully saturated rings. The van der Waals surface area contributed by atoms with E-state index in [1.54, 1.807) is 17.5 Å². The van der Waals surface area contributed by atoms with Crippen molar-refractivity contribution in [3.8, 4) is 0 Å². The minimum atomic E-state index is -0.262. The van der Waals surface area contributed by atoms with Crippen molar-refractivity contribution in [2.75, 3.05) is 23.3 Å². The Hall–Kier alpha value is -3.26. The molecule has 2 aromatic heterocycles. The van der Waals surface area contributed by atoms with Crippen LogP contribution in [0.2, 0.25) is 0 Å². The first-order valence-electron chi connectivity index (χ1n) is 10.3. The van der Waals surface area contributed by atoms with Crippen LogP contribution in [0.15, 0.2) is 54.0 Å². The number of rotatable bonds is 7. The predicted octanol–water partition coefficient (Wildman–Crippen LogP) is 3.01. The summed E-state index contributed by atoms with van der Waals surface area (Å²) in [6.45, 7) is 1.43. The fourth-order valence-corrected chi connectivity index (χ4v) is 4.54. The molecule has 0 bridgehead atoms. The molecule has 2 amide bonds. The highest BCUT2D eigenvalue weighted by atomic mass is 32.1. The van der Waals surface area contributed by atoms with Gasteiger partial charge < -0.3 is 16.0 Å². The van der Waals surface area contributed by atoms with E-state index in [-0.39, 0.29) is 24.2 Å². The molecule has 4 rings (SSSR count). The number of primary amides is 1. The number of thiazole rings is 1. The lowest BCUT2D eigenvalue weighted by Crippen LogP contribution is -2.41. The second-order valence-electron chi connectivity index (χ2n) is 7.71. The molecule has 0 aliphatic carbocycles. The molecule has 8 heteroatoms. The summed E-state index contributed by atoms with van der Waals surface area (Å²) < 4.78 is 0. The van der Waals surface area contributed by atoms with Crippen LogP contribution in [0.1, 0.15) is 29.1 Å². The lowest BCUT2D eigenvalue weighted by atomic mass is 9.97. The molecule has 1 aliphatic rings. The number of amides is 2. The van der Waals surface area contributed by atoms with E-state index in [0.717, 1.165) is 42.3 Å². The molecule has 7 nitrogen and oxygen atoms in total. The molecule has 0 radical (unpaired) electrons. The molecule has 1 aromatic carbocycles. The van der Waals surface area contributed by atoms with Gasteiger partial charge in [-0.05, 0) is 30.5 Å². The Kier molecular flexibility index (Phi) is 6.57. The number of nitrogens with zero attached hydrogens (tertiary/aromatic N) is 3. The summed E-state index contributed by atoms with van der Waals surface area (Å²) in [5.74, 6) is 0.259. The van der Waals surface area contributed by atoms with E-state index < -0.39 is 0 Å². The Bertz CT molecular complexity index is 1040. The number of hydrogen-bond acceptors (Lipinski definition) is 6. The smallest absolute Gasteiger partial charge is 0.230 e. The third kappa shape index (κ3) is 5.67. The van der Waals surface area contributed by atoms with E-state index in [0.29, 0.717) is 12.2 Å². The van der Waals surface area contributed by atoms with Crippen LogP contribution in [0.25, 0.3) is 0 Å². The van der Waals surface area contributed by atoms with E-state index in [1.807, 2.05) is 35.7 Å². The van der Waals surface area contributed by atoms with Crippen molar-refractivity contribution in [2.45, 2.75) is 25.7 Å². The van der Waals surface area contributed by atoms with E-state index in [2.05, 4.69) is 32.3 Å². The zero-order valence-corrected chi connectivity index (χ0v) is 18.0. The maximum absolute atomic E-state index is 12.4. The highest BCUT2D eigenvalue weighted by molar-refractivity contribution is 7.09. The summed E-state index contributed by atoms with van der Waals surface area (Å²) in [7, 11) is 0. The zero-order chi connectivity index (χ0) is 21.6. The van der Waals surface area contributed by atoms with Gasteiger partial charge in [0, 0.05) is 24.9 Å². The highest BCUT2D eigenvalue weighted by Gasteiger charge is 2.24. The Morgan fingerprint density at radius 3 is 2.77 bits per heavy atom. The summed E-state index contributed by atoms with van der Waals surface area (Å²) in [5.41, 5.74) is 8.06. The van der Waals surface area contributed by atoms with E-state index in [1.165, 1.54) is 5.56 Å². The molecule has 0 spiro atoms. The Morgan fingerprint density at radius 2 is 2.03 bits per heavy atom. The van der Waals surface area contributed by atoms with Gasteiger partial charge in [0.15, 0.2) is 0 Å². The molecule has 1 aliphatic heterocycles. The van der Waals surface area contributed by atoms with E-state index in [9.17, 15) is 9.59 Å². The minimum Gasteiger partial charge on any atom is -0.369 e. The van der Waals surface area contributed by atoms with Crippen molar-refractivity contribution < 1.29 is 9.59 Å². The number of piperidine rings is 1. The lowest BCUT2D eigenvalue weighted by molar-refractivity contribution is -0.122. The third-order valence-corrected chi connectivity index (χ3v) is 6.22. The lowest BCUT2D eigenvalue weighted by Gasteiger charge is -2.32.